The van der Waals surface area contributed by atoms with Gasteiger partial charge >= 0.3 is 5.97 Å². The minimum absolute atomic E-state index is 0.215. The molecule has 1 rings (SSSR count). The van der Waals surface area contributed by atoms with Crippen LogP contribution in [-0.4, -0.2) is 25.0 Å². The van der Waals surface area contributed by atoms with Crippen molar-refractivity contribution in [3.05, 3.63) is 28.8 Å². The second-order valence-corrected chi connectivity index (χ2v) is 5.32. The average molecular weight is 299 g/mol. The highest BCUT2D eigenvalue weighted by molar-refractivity contribution is 6.34. The van der Waals surface area contributed by atoms with Gasteiger partial charge in [-0.05, 0) is 30.5 Å². The zero-order valence-corrected chi connectivity index (χ0v) is 12.5. The van der Waals surface area contributed by atoms with Crippen molar-refractivity contribution in [1.29, 1.82) is 0 Å². The lowest BCUT2D eigenvalue weighted by atomic mass is 10.0. The zero-order valence-electron chi connectivity index (χ0n) is 11.8. The molecule has 0 saturated carbocycles. The number of nitrogens with one attached hydrogen (secondary N) is 1. The molecule has 0 unspecified atom stereocenters. The molecule has 0 radical (unpaired) electrons. The Morgan fingerprint density at radius 2 is 2.05 bits per heavy atom. The van der Waals surface area contributed by atoms with Gasteiger partial charge in [-0.15, -0.1) is 0 Å². The fourth-order valence-corrected chi connectivity index (χ4v) is 1.98. The molecule has 0 aliphatic rings. The van der Waals surface area contributed by atoms with Gasteiger partial charge in [-0.2, -0.15) is 0 Å². The van der Waals surface area contributed by atoms with Crippen LogP contribution in [-0.2, 0) is 9.53 Å². The van der Waals surface area contributed by atoms with Gasteiger partial charge in [0.25, 0.3) is 0 Å². The summed E-state index contributed by atoms with van der Waals surface area (Å²) in [6.07, 6.45) is 0.597. The van der Waals surface area contributed by atoms with Gasteiger partial charge in [-0.1, -0.05) is 25.4 Å². The van der Waals surface area contributed by atoms with Crippen molar-refractivity contribution in [3.63, 3.8) is 0 Å². The second-order valence-electron chi connectivity index (χ2n) is 4.91. The van der Waals surface area contributed by atoms with Crippen LogP contribution >= 0.6 is 11.6 Å². The van der Waals surface area contributed by atoms with E-state index in [4.69, 9.17) is 17.3 Å². The van der Waals surface area contributed by atoms with Crippen LogP contribution in [0.3, 0.4) is 0 Å². The Labute approximate surface area is 123 Å². The first-order chi connectivity index (χ1) is 9.35. The highest BCUT2D eigenvalue weighted by Gasteiger charge is 2.16. The van der Waals surface area contributed by atoms with E-state index in [1.807, 2.05) is 13.8 Å². The highest BCUT2D eigenvalue weighted by Crippen LogP contribution is 2.22. The standard InChI is InChI=1S/C14H19ClN2O3/c1-8(2)6-12(16)13(18)17-9-4-5-10(11(15)7-9)14(19)20-3/h4-5,7-8,12H,6,16H2,1-3H3,(H,17,18)/t12-/m0/s1. The van der Waals surface area contributed by atoms with Crippen molar-refractivity contribution < 1.29 is 14.3 Å². The summed E-state index contributed by atoms with van der Waals surface area (Å²) in [6, 6.07) is 4.00. The maximum Gasteiger partial charge on any atom is 0.339 e. The molecule has 0 aromatic heterocycles. The molecule has 0 aliphatic heterocycles. The summed E-state index contributed by atoms with van der Waals surface area (Å²) < 4.78 is 4.59. The van der Waals surface area contributed by atoms with Crippen LogP contribution in [0, 0.1) is 5.92 Å². The van der Waals surface area contributed by atoms with E-state index in [1.54, 1.807) is 6.07 Å². The van der Waals surface area contributed by atoms with Gasteiger partial charge in [-0.25, -0.2) is 4.79 Å². The van der Waals surface area contributed by atoms with E-state index in [-0.39, 0.29) is 16.5 Å². The summed E-state index contributed by atoms with van der Waals surface area (Å²) in [5.41, 5.74) is 6.53. The molecule has 20 heavy (non-hydrogen) atoms. The molecule has 0 aliphatic carbocycles. The molecule has 3 N–H and O–H groups in total. The molecule has 1 atom stereocenters. The second kappa shape index (κ2) is 7.26. The number of ether oxygens (including phenoxy) is 1. The maximum atomic E-state index is 11.9. The van der Waals surface area contributed by atoms with Crippen LogP contribution < -0.4 is 11.1 Å². The first-order valence-corrected chi connectivity index (χ1v) is 6.67. The molecule has 6 heteroatoms. The lowest BCUT2D eigenvalue weighted by Gasteiger charge is -2.14. The molecule has 110 valence electrons. The molecule has 1 aromatic rings. The fraction of sp³-hybridized carbons (Fsp3) is 0.429. The quantitative estimate of drug-likeness (QED) is 0.818. The van der Waals surface area contributed by atoms with Gasteiger partial charge in [0.1, 0.15) is 0 Å². The summed E-state index contributed by atoms with van der Waals surface area (Å²) in [4.78, 5) is 23.2. The molecular weight excluding hydrogens is 280 g/mol. The van der Waals surface area contributed by atoms with E-state index < -0.39 is 12.0 Å². The van der Waals surface area contributed by atoms with E-state index in [1.165, 1.54) is 19.2 Å². The summed E-state index contributed by atoms with van der Waals surface area (Å²) in [5.74, 6) is -0.467. The molecule has 0 fully saturated rings. The third-order valence-electron chi connectivity index (χ3n) is 2.70. The third kappa shape index (κ3) is 4.51. The maximum absolute atomic E-state index is 11.9. The van der Waals surface area contributed by atoms with E-state index in [2.05, 4.69) is 10.1 Å². The van der Waals surface area contributed by atoms with E-state index in [0.717, 1.165) is 0 Å². The van der Waals surface area contributed by atoms with Crippen molar-refractivity contribution in [2.24, 2.45) is 11.7 Å². The van der Waals surface area contributed by atoms with Crippen LogP contribution in [0.4, 0.5) is 5.69 Å². The van der Waals surface area contributed by atoms with Crippen LogP contribution in [0.2, 0.25) is 5.02 Å². The Morgan fingerprint density at radius 1 is 1.40 bits per heavy atom. The lowest BCUT2D eigenvalue weighted by molar-refractivity contribution is -0.117. The number of hydrogen-bond donors (Lipinski definition) is 2. The lowest BCUT2D eigenvalue weighted by Crippen LogP contribution is -2.36. The number of nitrogens with two attached hydrogens (primary N) is 1. The zero-order chi connectivity index (χ0) is 15.3. The molecule has 1 amide bonds. The number of methoxy groups -OCH3 is 1. The number of amides is 1. The van der Waals surface area contributed by atoms with Gasteiger partial charge in [0, 0.05) is 5.69 Å². The molecule has 0 bridgehead atoms. The minimum atomic E-state index is -0.575. The summed E-state index contributed by atoms with van der Waals surface area (Å²) in [7, 11) is 1.28. The summed E-state index contributed by atoms with van der Waals surface area (Å²) >= 11 is 5.97. The fourth-order valence-electron chi connectivity index (χ4n) is 1.72. The number of hydrogen-bond acceptors (Lipinski definition) is 4. The van der Waals surface area contributed by atoms with Crippen molar-refractivity contribution in [1.82, 2.24) is 0 Å². The Bertz CT molecular complexity index is 503. The van der Waals surface area contributed by atoms with E-state index in [0.29, 0.717) is 18.0 Å². The molecule has 0 heterocycles. The number of benzene rings is 1. The van der Waals surface area contributed by atoms with E-state index >= 15 is 0 Å². The number of carbonyl (C=O) groups is 2. The van der Waals surface area contributed by atoms with Gasteiger partial charge in [0.15, 0.2) is 0 Å². The SMILES string of the molecule is COC(=O)c1ccc(NC(=O)[C@@H](N)CC(C)C)cc1Cl. The summed E-state index contributed by atoms with van der Waals surface area (Å²) in [5, 5.41) is 2.89. The molecule has 0 spiro atoms. The number of anilines is 1. The van der Waals surface area contributed by atoms with Crippen LogP contribution in [0.25, 0.3) is 0 Å². The smallest absolute Gasteiger partial charge is 0.339 e. The number of halogens is 1. The van der Waals surface area contributed by atoms with Gasteiger partial charge < -0.3 is 15.8 Å². The monoisotopic (exact) mass is 298 g/mol. The molecule has 5 nitrogen and oxygen atoms in total. The Kier molecular flexibility index (Phi) is 5.98. The normalized spacial score (nSPS) is 12.1. The number of carbonyl (C=O) groups excluding carboxylic acids is 2. The predicted molar refractivity (Wildman–Crippen MR) is 78.9 cm³/mol. The van der Waals surface area contributed by atoms with Crippen molar-refractivity contribution in [2.75, 3.05) is 12.4 Å². The Balaban J connectivity index is 2.77. The van der Waals surface area contributed by atoms with Gasteiger partial charge in [0.2, 0.25) is 5.91 Å². The third-order valence-corrected chi connectivity index (χ3v) is 3.02. The van der Waals surface area contributed by atoms with Gasteiger partial charge in [-0.3, -0.25) is 4.79 Å². The van der Waals surface area contributed by atoms with E-state index in [9.17, 15) is 9.59 Å². The largest absolute Gasteiger partial charge is 0.465 e. The number of rotatable bonds is 5. The topological polar surface area (TPSA) is 81.4 Å². The minimum Gasteiger partial charge on any atom is -0.465 e. The van der Waals surface area contributed by atoms with Crippen molar-refractivity contribution in [2.45, 2.75) is 26.3 Å². The van der Waals surface area contributed by atoms with Crippen LogP contribution in [0.5, 0.6) is 0 Å². The van der Waals surface area contributed by atoms with Crippen LogP contribution in [0.15, 0.2) is 18.2 Å². The van der Waals surface area contributed by atoms with Crippen molar-refractivity contribution in [3.8, 4) is 0 Å². The molecule has 0 saturated heterocycles. The average Bonchev–Trinajstić information content (AvgIpc) is 2.37. The Hall–Kier alpha value is -1.59. The Morgan fingerprint density at radius 3 is 2.55 bits per heavy atom. The number of esters is 1. The predicted octanol–water partition coefficient (Wildman–Crippen LogP) is 2.44. The first-order valence-electron chi connectivity index (χ1n) is 6.29. The summed E-state index contributed by atoms with van der Waals surface area (Å²) in [6.45, 7) is 3.99. The molecular formula is C14H19ClN2O3. The highest BCUT2D eigenvalue weighted by atomic mass is 35.5. The molecule has 1 aromatic carbocycles. The van der Waals surface area contributed by atoms with Crippen molar-refractivity contribution >= 4 is 29.2 Å². The van der Waals surface area contributed by atoms with Gasteiger partial charge in [0.05, 0.1) is 23.7 Å². The van der Waals surface area contributed by atoms with Crippen LogP contribution in [0.1, 0.15) is 30.6 Å². The first kappa shape index (κ1) is 16.5.